The molecule has 86 valence electrons. The van der Waals surface area contributed by atoms with Crippen molar-refractivity contribution in [1.82, 2.24) is 0 Å². The Morgan fingerprint density at radius 2 is 1.59 bits per heavy atom. The Bertz CT molecular complexity index is 497. The molecule has 2 aromatic rings. The van der Waals surface area contributed by atoms with Gasteiger partial charge in [0, 0.05) is 11.1 Å². The van der Waals surface area contributed by atoms with Gasteiger partial charge < -0.3 is 0 Å². The van der Waals surface area contributed by atoms with E-state index in [0.717, 1.165) is 11.3 Å². The summed E-state index contributed by atoms with van der Waals surface area (Å²) in [7, 11) is 0. The van der Waals surface area contributed by atoms with E-state index >= 15 is 0 Å². The van der Waals surface area contributed by atoms with E-state index in [0.29, 0.717) is 0 Å². The number of nitrogens with zero attached hydrogens (tertiary/aromatic N) is 1. The van der Waals surface area contributed by atoms with E-state index in [1.807, 2.05) is 18.3 Å². The van der Waals surface area contributed by atoms with E-state index in [1.54, 1.807) is 11.8 Å². The van der Waals surface area contributed by atoms with Crippen LogP contribution in [-0.2, 0) is 0 Å². The predicted molar refractivity (Wildman–Crippen MR) is 76.7 cm³/mol. The highest BCUT2D eigenvalue weighted by Gasteiger charge is 1.91. The van der Waals surface area contributed by atoms with E-state index in [1.165, 1.54) is 10.5 Å². The number of aryl methyl sites for hydroxylation is 1. The average Bonchev–Trinajstić information content (AvgIpc) is 2.39. The van der Waals surface area contributed by atoms with E-state index < -0.39 is 0 Å². The molecule has 0 aromatic heterocycles. The average molecular weight is 241 g/mol. The van der Waals surface area contributed by atoms with Gasteiger partial charge in [-0.15, -0.1) is 11.8 Å². The maximum Gasteiger partial charge on any atom is 0.0630 e. The van der Waals surface area contributed by atoms with Gasteiger partial charge in [0.25, 0.3) is 0 Å². The lowest BCUT2D eigenvalue weighted by atomic mass is 10.2. The fraction of sp³-hybridized carbons (Fsp3) is 0.133. The minimum absolute atomic E-state index is 0.990. The SMILES string of the molecule is CSc1ccc(C=Nc2ccc(C)cc2)cc1. The minimum Gasteiger partial charge on any atom is -0.256 e. The summed E-state index contributed by atoms with van der Waals surface area (Å²) in [6.45, 7) is 2.08. The van der Waals surface area contributed by atoms with Crippen molar-refractivity contribution in [3.63, 3.8) is 0 Å². The minimum atomic E-state index is 0.990. The molecule has 0 fully saturated rings. The first-order valence-corrected chi connectivity index (χ1v) is 6.75. The van der Waals surface area contributed by atoms with Gasteiger partial charge in [0.05, 0.1) is 5.69 Å². The van der Waals surface area contributed by atoms with Crippen LogP contribution in [0, 0.1) is 6.92 Å². The maximum absolute atomic E-state index is 4.44. The van der Waals surface area contributed by atoms with Crippen LogP contribution in [0.2, 0.25) is 0 Å². The van der Waals surface area contributed by atoms with Gasteiger partial charge in [0.2, 0.25) is 0 Å². The lowest BCUT2D eigenvalue weighted by Gasteiger charge is -1.97. The number of aliphatic imine (C=N–C) groups is 1. The molecule has 2 heteroatoms. The van der Waals surface area contributed by atoms with Crippen LogP contribution in [0.15, 0.2) is 58.4 Å². The van der Waals surface area contributed by atoms with Crippen LogP contribution in [0.25, 0.3) is 0 Å². The standard InChI is InChI=1S/C15H15NS/c1-12-3-7-14(8-4-12)16-11-13-5-9-15(17-2)10-6-13/h3-11H,1-2H3. The first-order valence-electron chi connectivity index (χ1n) is 5.53. The highest BCUT2D eigenvalue weighted by Crippen LogP contribution is 2.15. The summed E-state index contributed by atoms with van der Waals surface area (Å²) in [6.07, 6.45) is 3.98. The molecular weight excluding hydrogens is 226 g/mol. The Morgan fingerprint density at radius 3 is 2.18 bits per heavy atom. The fourth-order valence-electron chi connectivity index (χ4n) is 1.47. The van der Waals surface area contributed by atoms with Crippen molar-refractivity contribution in [2.75, 3.05) is 6.26 Å². The molecule has 17 heavy (non-hydrogen) atoms. The molecule has 0 amide bonds. The smallest absolute Gasteiger partial charge is 0.0630 e. The third-order valence-electron chi connectivity index (χ3n) is 2.51. The first kappa shape index (κ1) is 11.9. The van der Waals surface area contributed by atoms with Crippen LogP contribution >= 0.6 is 11.8 Å². The molecule has 0 saturated carbocycles. The molecule has 2 rings (SSSR count). The number of rotatable bonds is 3. The van der Waals surface area contributed by atoms with Crippen molar-refractivity contribution in [1.29, 1.82) is 0 Å². The molecule has 0 saturated heterocycles. The summed E-state index contributed by atoms with van der Waals surface area (Å²) in [4.78, 5) is 5.72. The molecule has 0 heterocycles. The Kier molecular flexibility index (Phi) is 3.99. The molecule has 0 spiro atoms. The summed E-state index contributed by atoms with van der Waals surface area (Å²) in [5.74, 6) is 0. The fourth-order valence-corrected chi connectivity index (χ4v) is 1.88. The molecule has 0 aliphatic carbocycles. The topological polar surface area (TPSA) is 12.4 Å². The third-order valence-corrected chi connectivity index (χ3v) is 3.26. The van der Waals surface area contributed by atoms with Gasteiger partial charge in [-0.1, -0.05) is 29.8 Å². The predicted octanol–water partition coefficient (Wildman–Crippen LogP) is 4.47. The Balaban J connectivity index is 2.11. The monoisotopic (exact) mass is 241 g/mol. The van der Waals surface area contributed by atoms with Gasteiger partial charge in [-0.25, -0.2) is 0 Å². The summed E-state index contributed by atoms with van der Waals surface area (Å²) in [5, 5.41) is 0. The summed E-state index contributed by atoms with van der Waals surface area (Å²) >= 11 is 1.75. The van der Waals surface area contributed by atoms with Crippen molar-refractivity contribution < 1.29 is 0 Å². The van der Waals surface area contributed by atoms with Crippen LogP contribution < -0.4 is 0 Å². The second-order valence-electron chi connectivity index (χ2n) is 3.87. The maximum atomic E-state index is 4.44. The summed E-state index contributed by atoms with van der Waals surface area (Å²) < 4.78 is 0. The zero-order valence-corrected chi connectivity index (χ0v) is 10.9. The molecule has 0 unspecified atom stereocenters. The molecule has 0 aliphatic rings. The van der Waals surface area contributed by atoms with Crippen molar-refractivity contribution >= 4 is 23.7 Å². The van der Waals surface area contributed by atoms with Crippen LogP contribution in [0.1, 0.15) is 11.1 Å². The lowest BCUT2D eigenvalue weighted by molar-refractivity contribution is 1.43. The van der Waals surface area contributed by atoms with Crippen molar-refractivity contribution in [3.8, 4) is 0 Å². The zero-order valence-electron chi connectivity index (χ0n) is 10.1. The highest BCUT2D eigenvalue weighted by atomic mass is 32.2. The Morgan fingerprint density at radius 1 is 0.941 bits per heavy atom. The van der Waals surface area contributed by atoms with E-state index in [4.69, 9.17) is 0 Å². The molecule has 0 bridgehead atoms. The molecule has 0 N–H and O–H groups in total. The van der Waals surface area contributed by atoms with Crippen LogP contribution in [0.3, 0.4) is 0 Å². The second-order valence-corrected chi connectivity index (χ2v) is 4.75. The molecule has 0 aliphatic heterocycles. The van der Waals surface area contributed by atoms with Gasteiger partial charge >= 0.3 is 0 Å². The quantitative estimate of drug-likeness (QED) is 0.570. The summed E-state index contributed by atoms with van der Waals surface area (Å²) in [6, 6.07) is 16.6. The van der Waals surface area contributed by atoms with Gasteiger partial charge in [-0.2, -0.15) is 0 Å². The van der Waals surface area contributed by atoms with Crippen molar-refractivity contribution in [2.24, 2.45) is 4.99 Å². The van der Waals surface area contributed by atoms with E-state index in [-0.39, 0.29) is 0 Å². The second kappa shape index (κ2) is 5.69. The molecule has 2 aromatic carbocycles. The molecule has 0 atom stereocenters. The number of thioether (sulfide) groups is 1. The number of hydrogen-bond acceptors (Lipinski definition) is 2. The van der Waals surface area contributed by atoms with Crippen LogP contribution in [0.4, 0.5) is 5.69 Å². The van der Waals surface area contributed by atoms with Gasteiger partial charge in [-0.3, -0.25) is 4.99 Å². The van der Waals surface area contributed by atoms with Gasteiger partial charge in [0.15, 0.2) is 0 Å². The Hall–Kier alpha value is -1.54. The largest absolute Gasteiger partial charge is 0.256 e. The van der Waals surface area contributed by atoms with E-state index in [2.05, 4.69) is 54.6 Å². The lowest BCUT2D eigenvalue weighted by Crippen LogP contribution is -1.80. The molecular formula is C15H15NS. The summed E-state index contributed by atoms with van der Waals surface area (Å²) in [5.41, 5.74) is 3.38. The first-order chi connectivity index (χ1) is 8.28. The van der Waals surface area contributed by atoms with Crippen molar-refractivity contribution in [2.45, 2.75) is 11.8 Å². The zero-order chi connectivity index (χ0) is 12.1. The van der Waals surface area contributed by atoms with Crippen molar-refractivity contribution in [3.05, 3.63) is 59.7 Å². The third kappa shape index (κ3) is 3.46. The molecule has 1 nitrogen and oxygen atoms in total. The number of benzene rings is 2. The van der Waals surface area contributed by atoms with Crippen LogP contribution in [-0.4, -0.2) is 12.5 Å². The Labute approximate surface area is 107 Å². The van der Waals surface area contributed by atoms with Crippen LogP contribution in [0.5, 0.6) is 0 Å². The van der Waals surface area contributed by atoms with E-state index in [9.17, 15) is 0 Å². The molecule has 0 radical (unpaired) electrons. The number of hydrogen-bond donors (Lipinski definition) is 0. The normalized spacial score (nSPS) is 10.9. The van der Waals surface area contributed by atoms with Gasteiger partial charge in [0.1, 0.15) is 0 Å². The van der Waals surface area contributed by atoms with Gasteiger partial charge in [-0.05, 0) is 43.0 Å². The highest BCUT2D eigenvalue weighted by molar-refractivity contribution is 7.98.